The average Bonchev–Trinajstić information content (AvgIpc) is 2.81. The molecule has 0 aromatic heterocycles. The normalized spacial score (nSPS) is 18.7. The van der Waals surface area contributed by atoms with Crippen molar-refractivity contribution < 1.29 is 45.4 Å². The maximum Gasteiger partial charge on any atom is 0.416 e. The number of hydrogen-bond acceptors (Lipinski definition) is 3. The third kappa shape index (κ3) is 7.13. The zero-order chi connectivity index (χ0) is 27.5. The largest absolute Gasteiger partial charge is 0.416 e. The number of piperidine rings is 1. The number of carbonyl (C=O) groups is 1. The summed E-state index contributed by atoms with van der Waals surface area (Å²) in [6.45, 7) is 1.24. The van der Waals surface area contributed by atoms with Crippen molar-refractivity contribution in [1.29, 1.82) is 0 Å². The number of halogens is 7. The molecule has 0 radical (unpaired) electrons. The smallest absolute Gasteiger partial charge is 0.394 e. The Bertz CT molecular complexity index is 1070. The third-order valence-electron chi connectivity index (χ3n) is 6.23. The van der Waals surface area contributed by atoms with Gasteiger partial charge in [0.1, 0.15) is 5.82 Å². The second-order valence-electron chi connectivity index (χ2n) is 9.00. The molecule has 0 spiro atoms. The first-order valence-corrected chi connectivity index (χ1v) is 11.5. The molecule has 5 nitrogen and oxygen atoms in total. The summed E-state index contributed by atoms with van der Waals surface area (Å²) in [5.41, 5.74) is -2.03. The lowest BCUT2D eigenvalue weighted by Gasteiger charge is -2.41. The van der Waals surface area contributed by atoms with E-state index in [0.717, 1.165) is 4.90 Å². The number of nitrogens with zero attached hydrogens (tertiary/aromatic N) is 2. The minimum atomic E-state index is -5.00. The number of hydrogen-bond donors (Lipinski definition) is 1. The Morgan fingerprint density at radius 2 is 1.70 bits per heavy atom. The molecule has 2 amide bonds. The molecule has 0 unspecified atom stereocenters. The molecule has 3 rings (SSSR count). The number of aryl methyl sites for hydroxylation is 1. The van der Waals surface area contributed by atoms with Crippen LogP contribution in [0.25, 0.3) is 0 Å². The van der Waals surface area contributed by atoms with Crippen molar-refractivity contribution in [3.8, 4) is 0 Å². The van der Waals surface area contributed by atoms with Gasteiger partial charge in [0.05, 0.1) is 36.5 Å². The van der Waals surface area contributed by atoms with Crippen LogP contribution in [0.5, 0.6) is 0 Å². The van der Waals surface area contributed by atoms with Crippen molar-refractivity contribution in [1.82, 2.24) is 9.80 Å². The number of benzene rings is 2. The Morgan fingerprint density at radius 1 is 1.08 bits per heavy atom. The highest BCUT2D eigenvalue weighted by atomic mass is 19.4. The molecule has 2 atom stereocenters. The number of alkyl halides is 6. The topological polar surface area (TPSA) is 53.0 Å². The molecule has 2 aromatic rings. The van der Waals surface area contributed by atoms with Gasteiger partial charge < -0.3 is 19.6 Å². The fourth-order valence-electron chi connectivity index (χ4n) is 4.51. The van der Waals surface area contributed by atoms with Gasteiger partial charge in [0, 0.05) is 20.1 Å². The van der Waals surface area contributed by atoms with E-state index >= 15 is 0 Å². The monoisotopic (exact) mass is 536 g/mol. The second-order valence-corrected chi connectivity index (χ2v) is 9.00. The Kier molecular flexibility index (Phi) is 8.74. The minimum absolute atomic E-state index is 0.0375. The Labute approximate surface area is 209 Å². The van der Waals surface area contributed by atoms with Crippen molar-refractivity contribution in [2.24, 2.45) is 0 Å². The predicted molar refractivity (Wildman–Crippen MR) is 120 cm³/mol. The third-order valence-corrected chi connectivity index (χ3v) is 6.23. The second kappa shape index (κ2) is 11.3. The molecule has 204 valence electrons. The number of urea groups is 1. The molecule has 37 heavy (non-hydrogen) atoms. The van der Waals surface area contributed by atoms with Gasteiger partial charge in [0.25, 0.3) is 0 Å². The van der Waals surface area contributed by atoms with E-state index in [1.807, 2.05) is 0 Å². The van der Waals surface area contributed by atoms with Gasteiger partial charge in [-0.3, -0.25) is 0 Å². The van der Waals surface area contributed by atoms with Crippen LogP contribution in [0.4, 0.5) is 35.5 Å². The SMILES string of the molecule is Cc1cc(F)ccc1[C@H]1C[C@@H](OCCO)CCN1C(=O)N(C)Cc1cc(C(F)(F)F)cc(C(F)(F)F)c1. The molecule has 0 bridgehead atoms. The van der Waals surface area contributed by atoms with Crippen LogP contribution in [-0.4, -0.2) is 53.8 Å². The molecular weight excluding hydrogens is 509 g/mol. The van der Waals surface area contributed by atoms with Crippen molar-refractivity contribution in [2.45, 2.75) is 50.8 Å². The van der Waals surface area contributed by atoms with Crippen LogP contribution in [-0.2, 0) is 23.6 Å². The van der Waals surface area contributed by atoms with Crippen LogP contribution >= 0.6 is 0 Å². The fourth-order valence-corrected chi connectivity index (χ4v) is 4.51. The van der Waals surface area contributed by atoms with Gasteiger partial charge >= 0.3 is 18.4 Å². The zero-order valence-electron chi connectivity index (χ0n) is 20.2. The summed E-state index contributed by atoms with van der Waals surface area (Å²) in [5, 5.41) is 9.07. The standard InChI is InChI=1S/C25H27F7N2O3/c1-15-9-19(26)3-4-21(15)22-13-20(37-8-7-35)5-6-34(22)23(36)33(2)14-16-10-17(24(27,28)29)12-18(11-16)25(30,31)32/h3-4,9-12,20,22,35H,5-8,13-14H2,1-2H3/t20-,22+/m0/s1. The van der Waals surface area contributed by atoms with Crippen LogP contribution < -0.4 is 0 Å². The Balaban J connectivity index is 1.89. The fraction of sp³-hybridized carbons (Fsp3) is 0.480. The molecule has 0 aliphatic carbocycles. The number of ether oxygens (including phenoxy) is 1. The zero-order valence-corrected chi connectivity index (χ0v) is 20.2. The van der Waals surface area contributed by atoms with E-state index < -0.39 is 47.9 Å². The van der Waals surface area contributed by atoms with E-state index in [1.165, 1.54) is 30.1 Å². The molecule has 1 aliphatic heterocycles. The van der Waals surface area contributed by atoms with Gasteiger partial charge in [-0.15, -0.1) is 0 Å². The van der Waals surface area contributed by atoms with Crippen LogP contribution in [0.1, 0.15) is 46.7 Å². The van der Waals surface area contributed by atoms with Crippen LogP contribution in [0.3, 0.4) is 0 Å². The highest BCUT2D eigenvalue weighted by molar-refractivity contribution is 5.75. The molecular formula is C25H27F7N2O3. The lowest BCUT2D eigenvalue weighted by molar-refractivity contribution is -0.143. The first-order valence-electron chi connectivity index (χ1n) is 11.5. The number of aliphatic hydroxyl groups excluding tert-OH is 1. The summed E-state index contributed by atoms with van der Waals surface area (Å²) in [7, 11) is 1.29. The van der Waals surface area contributed by atoms with Gasteiger partial charge in [0.2, 0.25) is 0 Å². The summed E-state index contributed by atoms with van der Waals surface area (Å²) in [4.78, 5) is 15.9. The molecule has 1 aliphatic rings. The Hall–Kier alpha value is -2.86. The molecule has 0 saturated carbocycles. The van der Waals surface area contributed by atoms with E-state index in [-0.39, 0.29) is 37.5 Å². The van der Waals surface area contributed by atoms with Crippen molar-refractivity contribution in [3.05, 3.63) is 70.0 Å². The van der Waals surface area contributed by atoms with E-state index in [2.05, 4.69) is 0 Å². The van der Waals surface area contributed by atoms with E-state index in [1.54, 1.807) is 6.92 Å². The summed E-state index contributed by atoms with van der Waals surface area (Å²) >= 11 is 0. The number of amides is 2. The highest BCUT2D eigenvalue weighted by Crippen LogP contribution is 2.38. The maximum atomic E-state index is 13.7. The lowest BCUT2D eigenvalue weighted by atomic mass is 9.90. The Morgan fingerprint density at radius 3 is 2.24 bits per heavy atom. The van der Waals surface area contributed by atoms with Crippen LogP contribution in [0, 0.1) is 12.7 Å². The van der Waals surface area contributed by atoms with E-state index in [4.69, 9.17) is 9.84 Å². The van der Waals surface area contributed by atoms with Crippen molar-refractivity contribution >= 4 is 6.03 Å². The van der Waals surface area contributed by atoms with Crippen molar-refractivity contribution in [2.75, 3.05) is 26.8 Å². The van der Waals surface area contributed by atoms with Gasteiger partial charge in [-0.2, -0.15) is 26.3 Å². The molecule has 1 fully saturated rings. The number of rotatable bonds is 6. The average molecular weight is 536 g/mol. The van der Waals surface area contributed by atoms with Crippen LogP contribution in [0.15, 0.2) is 36.4 Å². The number of carbonyl (C=O) groups excluding carboxylic acids is 1. The van der Waals surface area contributed by atoms with Crippen molar-refractivity contribution in [3.63, 3.8) is 0 Å². The maximum absolute atomic E-state index is 13.7. The summed E-state index contributed by atoms with van der Waals surface area (Å²) < 4.78 is 98.8. The molecule has 1 N–H and O–H groups in total. The van der Waals surface area contributed by atoms with Gasteiger partial charge in [-0.1, -0.05) is 6.07 Å². The molecule has 1 saturated heterocycles. The highest BCUT2D eigenvalue weighted by Gasteiger charge is 2.38. The number of aliphatic hydroxyl groups is 1. The summed E-state index contributed by atoms with van der Waals surface area (Å²) in [6.07, 6.45) is -9.60. The quantitative estimate of drug-likeness (QED) is 0.465. The predicted octanol–water partition coefficient (Wildman–Crippen LogP) is 5.94. The van der Waals surface area contributed by atoms with Gasteiger partial charge in [0.15, 0.2) is 0 Å². The van der Waals surface area contributed by atoms with Crippen LogP contribution in [0.2, 0.25) is 0 Å². The summed E-state index contributed by atoms with van der Waals surface area (Å²) in [5.74, 6) is -0.467. The summed E-state index contributed by atoms with van der Waals surface area (Å²) in [6, 6.07) is 4.11. The minimum Gasteiger partial charge on any atom is -0.394 e. The lowest BCUT2D eigenvalue weighted by Crippen LogP contribution is -2.48. The van der Waals surface area contributed by atoms with Gasteiger partial charge in [-0.05, 0) is 66.8 Å². The first kappa shape index (κ1) is 28.7. The molecule has 12 heteroatoms. The molecule has 2 aromatic carbocycles. The van der Waals surface area contributed by atoms with Gasteiger partial charge in [-0.25, -0.2) is 9.18 Å². The van der Waals surface area contributed by atoms with E-state index in [9.17, 15) is 35.5 Å². The van der Waals surface area contributed by atoms with E-state index in [0.29, 0.717) is 36.1 Å². The molecule has 1 heterocycles. The first-order chi connectivity index (χ1) is 17.2. The number of likely N-dealkylation sites (tertiary alicyclic amines) is 1.